The fraction of sp³-hybridized carbons (Fsp3) is 0.889. The van der Waals surface area contributed by atoms with Gasteiger partial charge in [-0.1, -0.05) is 13.3 Å². The molecule has 1 heteroatoms. The van der Waals surface area contributed by atoms with Gasteiger partial charge in [-0.2, -0.15) is 0 Å². The Morgan fingerprint density at radius 3 is 2.50 bits per heavy atom. The largest absolute Gasteiger partial charge is 0.244 e. The van der Waals surface area contributed by atoms with Crippen molar-refractivity contribution in [3.8, 4) is 0 Å². The topological polar surface area (TPSA) is 0 Å². The summed E-state index contributed by atoms with van der Waals surface area (Å²) < 4.78 is 13.6. The molecule has 0 saturated heterocycles. The van der Waals surface area contributed by atoms with Gasteiger partial charge in [-0.05, 0) is 38.5 Å². The molecule has 1 saturated carbocycles. The second-order valence-corrected chi connectivity index (χ2v) is 3.27. The van der Waals surface area contributed by atoms with Gasteiger partial charge in [0.05, 0.1) is 0 Å². The number of alkyl halides is 1. The summed E-state index contributed by atoms with van der Waals surface area (Å²) in [6, 6.07) is 0. The Balaban J connectivity index is 2.32. The minimum absolute atomic E-state index is 0.765. The van der Waals surface area contributed by atoms with E-state index in [2.05, 4.69) is 13.3 Å². The van der Waals surface area contributed by atoms with Gasteiger partial charge in [0.1, 0.15) is 5.67 Å². The van der Waals surface area contributed by atoms with E-state index in [1.165, 1.54) is 0 Å². The van der Waals surface area contributed by atoms with Crippen molar-refractivity contribution in [2.75, 3.05) is 0 Å². The first-order valence-corrected chi connectivity index (χ1v) is 4.27. The highest BCUT2D eigenvalue weighted by atomic mass is 19.1. The quantitative estimate of drug-likeness (QED) is 0.556. The molecule has 0 N–H and O–H groups in total. The molecular weight excluding hydrogens is 127 g/mol. The first-order chi connectivity index (χ1) is 4.77. The van der Waals surface area contributed by atoms with Crippen LogP contribution in [0.3, 0.4) is 0 Å². The smallest absolute Gasteiger partial charge is 0.111 e. The van der Waals surface area contributed by atoms with E-state index >= 15 is 0 Å². The standard InChI is InChI=1S/C9H16F/c1-2-6-9(10)7-4-3-5-8-9/h3H,2,4-8H2,1H3. The van der Waals surface area contributed by atoms with Gasteiger partial charge in [-0.3, -0.25) is 0 Å². The van der Waals surface area contributed by atoms with Gasteiger partial charge >= 0.3 is 0 Å². The van der Waals surface area contributed by atoms with Crippen LogP contribution in [0.1, 0.15) is 45.4 Å². The van der Waals surface area contributed by atoms with Crippen molar-refractivity contribution in [3.63, 3.8) is 0 Å². The molecule has 0 atom stereocenters. The molecule has 1 aliphatic carbocycles. The van der Waals surface area contributed by atoms with Crippen molar-refractivity contribution in [1.29, 1.82) is 0 Å². The molecule has 0 unspecified atom stereocenters. The van der Waals surface area contributed by atoms with Crippen LogP contribution in [0.15, 0.2) is 0 Å². The predicted octanol–water partition coefficient (Wildman–Crippen LogP) is 3.27. The summed E-state index contributed by atoms with van der Waals surface area (Å²) in [5.41, 5.74) is -0.802. The van der Waals surface area contributed by atoms with Crippen LogP contribution in [0, 0.1) is 6.42 Å². The minimum Gasteiger partial charge on any atom is -0.244 e. The van der Waals surface area contributed by atoms with Gasteiger partial charge < -0.3 is 0 Å². The summed E-state index contributed by atoms with van der Waals surface area (Å²) in [5.74, 6) is 0. The highest BCUT2D eigenvalue weighted by molar-refractivity contribution is 4.88. The van der Waals surface area contributed by atoms with Crippen LogP contribution in [-0.2, 0) is 0 Å². The third-order valence-electron chi connectivity index (χ3n) is 2.29. The summed E-state index contributed by atoms with van der Waals surface area (Å²) in [6.07, 6.45) is 7.44. The predicted molar refractivity (Wildman–Crippen MR) is 41.5 cm³/mol. The zero-order valence-electron chi connectivity index (χ0n) is 6.70. The molecule has 1 rings (SSSR count). The van der Waals surface area contributed by atoms with Crippen LogP contribution in [0.5, 0.6) is 0 Å². The normalized spacial score (nSPS) is 24.6. The molecule has 0 nitrogen and oxygen atoms in total. The van der Waals surface area contributed by atoms with Crippen LogP contribution in [0.4, 0.5) is 4.39 Å². The average molecular weight is 143 g/mol. The molecule has 0 aromatic carbocycles. The first-order valence-electron chi connectivity index (χ1n) is 4.27. The Kier molecular flexibility index (Phi) is 2.70. The Hall–Kier alpha value is -0.0700. The van der Waals surface area contributed by atoms with Crippen LogP contribution >= 0.6 is 0 Å². The van der Waals surface area contributed by atoms with Crippen LogP contribution in [-0.4, -0.2) is 5.67 Å². The van der Waals surface area contributed by atoms with Gasteiger partial charge in [0, 0.05) is 0 Å². The molecule has 0 heterocycles. The Morgan fingerprint density at radius 1 is 1.40 bits per heavy atom. The van der Waals surface area contributed by atoms with E-state index in [1.54, 1.807) is 0 Å². The molecule has 1 fully saturated rings. The Labute approximate surface area is 62.8 Å². The Morgan fingerprint density at radius 2 is 2.00 bits per heavy atom. The van der Waals surface area contributed by atoms with Gasteiger partial charge in [-0.15, -0.1) is 0 Å². The second kappa shape index (κ2) is 3.36. The van der Waals surface area contributed by atoms with Crippen molar-refractivity contribution in [2.45, 2.75) is 51.1 Å². The monoisotopic (exact) mass is 143 g/mol. The molecule has 1 radical (unpaired) electrons. The molecule has 0 aliphatic heterocycles. The highest BCUT2D eigenvalue weighted by Gasteiger charge is 2.29. The second-order valence-electron chi connectivity index (χ2n) is 3.27. The van der Waals surface area contributed by atoms with E-state index in [4.69, 9.17) is 0 Å². The summed E-state index contributed by atoms with van der Waals surface area (Å²) in [4.78, 5) is 0. The van der Waals surface area contributed by atoms with E-state index in [1.807, 2.05) is 0 Å². The maximum atomic E-state index is 13.6. The fourth-order valence-electron chi connectivity index (χ4n) is 1.69. The third-order valence-corrected chi connectivity index (χ3v) is 2.29. The summed E-state index contributed by atoms with van der Waals surface area (Å²) in [5, 5.41) is 0. The molecule has 0 aromatic heterocycles. The number of rotatable bonds is 2. The molecular formula is C9H16F. The Bertz CT molecular complexity index is 87.4. The SMILES string of the molecule is CCCC1(F)CC[CH]CC1. The third kappa shape index (κ3) is 1.96. The zero-order valence-corrected chi connectivity index (χ0v) is 6.70. The lowest BCUT2D eigenvalue weighted by molar-refractivity contribution is 0.109. The summed E-state index contributed by atoms with van der Waals surface area (Å²) in [6.45, 7) is 2.06. The van der Waals surface area contributed by atoms with Crippen LogP contribution in [0.25, 0.3) is 0 Å². The fourth-order valence-corrected chi connectivity index (χ4v) is 1.69. The van der Waals surface area contributed by atoms with Gasteiger partial charge in [-0.25, -0.2) is 4.39 Å². The lowest BCUT2D eigenvalue weighted by atomic mass is 9.83. The highest BCUT2D eigenvalue weighted by Crippen LogP contribution is 2.34. The maximum Gasteiger partial charge on any atom is 0.111 e. The van der Waals surface area contributed by atoms with E-state index in [9.17, 15) is 4.39 Å². The van der Waals surface area contributed by atoms with Crippen molar-refractivity contribution in [1.82, 2.24) is 0 Å². The first kappa shape index (κ1) is 8.03. The number of hydrogen-bond acceptors (Lipinski definition) is 0. The van der Waals surface area contributed by atoms with Gasteiger partial charge in [0.25, 0.3) is 0 Å². The zero-order chi connectivity index (χ0) is 7.45. The maximum absolute atomic E-state index is 13.6. The van der Waals surface area contributed by atoms with E-state index in [0.29, 0.717) is 0 Å². The molecule has 59 valence electrons. The van der Waals surface area contributed by atoms with Crippen molar-refractivity contribution < 1.29 is 4.39 Å². The van der Waals surface area contributed by atoms with Gasteiger partial charge in [0.2, 0.25) is 0 Å². The average Bonchev–Trinajstić information content (AvgIpc) is 1.89. The molecule has 0 bridgehead atoms. The van der Waals surface area contributed by atoms with Crippen molar-refractivity contribution in [2.24, 2.45) is 0 Å². The summed E-state index contributed by atoms with van der Waals surface area (Å²) >= 11 is 0. The molecule has 1 aliphatic rings. The molecule has 0 spiro atoms. The summed E-state index contributed by atoms with van der Waals surface area (Å²) in [7, 11) is 0. The number of hydrogen-bond donors (Lipinski definition) is 0. The molecule has 10 heavy (non-hydrogen) atoms. The van der Waals surface area contributed by atoms with E-state index < -0.39 is 5.67 Å². The molecule has 0 amide bonds. The molecule has 0 aromatic rings. The van der Waals surface area contributed by atoms with Gasteiger partial charge in [0.15, 0.2) is 0 Å². The van der Waals surface area contributed by atoms with Crippen molar-refractivity contribution in [3.05, 3.63) is 6.42 Å². The minimum atomic E-state index is -0.802. The van der Waals surface area contributed by atoms with E-state index in [0.717, 1.165) is 38.5 Å². The lowest BCUT2D eigenvalue weighted by Crippen LogP contribution is -2.25. The lowest BCUT2D eigenvalue weighted by Gasteiger charge is -2.28. The number of halogens is 1. The van der Waals surface area contributed by atoms with Crippen molar-refractivity contribution >= 4 is 0 Å². The van der Waals surface area contributed by atoms with E-state index in [-0.39, 0.29) is 0 Å². The van der Waals surface area contributed by atoms with Crippen LogP contribution in [0.2, 0.25) is 0 Å². The van der Waals surface area contributed by atoms with Crippen LogP contribution < -0.4 is 0 Å².